The van der Waals surface area contributed by atoms with Gasteiger partial charge >= 0.3 is 5.97 Å². The van der Waals surface area contributed by atoms with E-state index in [-0.39, 0.29) is 40.7 Å². The summed E-state index contributed by atoms with van der Waals surface area (Å²) in [5.41, 5.74) is 0.985. The van der Waals surface area contributed by atoms with Crippen LogP contribution in [-0.4, -0.2) is 69.0 Å². The standard InChI is InChI=1S/C18H23N3O5S2/c1-27-8-15(22)19-13-2-3-14-12-4-11(6-21(14)18(13)26)5-20(7-12)16(23)9-28-10-17(24)25/h2-3,11-12H,4-10H2,1H3,(H,19,22)(H,24,25)/t11-,12+/m0/s1. The van der Waals surface area contributed by atoms with Gasteiger partial charge in [-0.3, -0.25) is 19.2 Å². The van der Waals surface area contributed by atoms with Crippen molar-refractivity contribution >= 4 is 47.0 Å². The summed E-state index contributed by atoms with van der Waals surface area (Å²) in [5.74, 6) is -0.575. The number of carboxylic acid groups (broad SMARTS) is 1. The number of anilines is 1. The van der Waals surface area contributed by atoms with E-state index in [4.69, 9.17) is 5.11 Å². The van der Waals surface area contributed by atoms with Gasteiger partial charge in [0.1, 0.15) is 5.69 Å². The van der Waals surface area contributed by atoms with Gasteiger partial charge in [-0.25, -0.2) is 0 Å². The van der Waals surface area contributed by atoms with Crippen LogP contribution in [0.25, 0.3) is 0 Å². The topological polar surface area (TPSA) is 109 Å². The van der Waals surface area contributed by atoms with Crippen LogP contribution in [0.1, 0.15) is 18.0 Å². The van der Waals surface area contributed by atoms with Gasteiger partial charge < -0.3 is 19.9 Å². The Kier molecular flexibility index (Phi) is 6.71. The minimum Gasteiger partial charge on any atom is -0.481 e. The summed E-state index contributed by atoms with van der Waals surface area (Å²) in [7, 11) is 0. The fourth-order valence-electron chi connectivity index (χ4n) is 3.88. The molecule has 2 aliphatic heterocycles. The third-order valence-electron chi connectivity index (χ3n) is 4.96. The summed E-state index contributed by atoms with van der Waals surface area (Å²) in [6.07, 6.45) is 2.75. The van der Waals surface area contributed by atoms with E-state index in [1.54, 1.807) is 15.5 Å². The molecule has 2 atom stereocenters. The van der Waals surface area contributed by atoms with E-state index in [1.165, 1.54) is 11.8 Å². The van der Waals surface area contributed by atoms with E-state index in [0.717, 1.165) is 23.9 Å². The summed E-state index contributed by atoms with van der Waals surface area (Å²) >= 11 is 2.50. The monoisotopic (exact) mass is 425 g/mol. The number of hydrogen-bond donors (Lipinski definition) is 2. The molecule has 2 amide bonds. The lowest BCUT2D eigenvalue weighted by atomic mass is 9.83. The first-order valence-electron chi connectivity index (χ1n) is 8.99. The van der Waals surface area contributed by atoms with Crippen molar-refractivity contribution in [3.63, 3.8) is 0 Å². The number of nitrogens with one attached hydrogen (secondary N) is 1. The molecule has 1 aromatic heterocycles. The maximum Gasteiger partial charge on any atom is 0.313 e. The fourth-order valence-corrected chi connectivity index (χ4v) is 4.85. The Morgan fingerprint density at radius 2 is 1.96 bits per heavy atom. The largest absolute Gasteiger partial charge is 0.481 e. The summed E-state index contributed by atoms with van der Waals surface area (Å²) in [5, 5.41) is 11.4. The summed E-state index contributed by atoms with van der Waals surface area (Å²) < 4.78 is 1.73. The van der Waals surface area contributed by atoms with Crippen LogP contribution in [0, 0.1) is 5.92 Å². The van der Waals surface area contributed by atoms with E-state index < -0.39 is 5.97 Å². The van der Waals surface area contributed by atoms with Crippen LogP contribution in [0.15, 0.2) is 16.9 Å². The van der Waals surface area contributed by atoms with E-state index in [2.05, 4.69) is 5.32 Å². The van der Waals surface area contributed by atoms with Gasteiger partial charge in [0.15, 0.2) is 0 Å². The number of nitrogens with zero attached hydrogens (tertiary/aromatic N) is 2. The van der Waals surface area contributed by atoms with Gasteiger partial charge in [-0.05, 0) is 30.7 Å². The molecule has 0 aromatic carbocycles. The summed E-state index contributed by atoms with van der Waals surface area (Å²) in [6.45, 7) is 1.61. The molecule has 1 aromatic rings. The van der Waals surface area contributed by atoms with Crippen LogP contribution in [0.3, 0.4) is 0 Å². The highest BCUT2D eigenvalue weighted by atomic mass is 32.2. The molecule has 3 rings (SSSR count). The van der Waals surface area contributed by atoms with Crippen molar-refractivity contribution in [2.24, 2.45) is 5.92 Å². The van der Waals surface area contributed by atoms with Crippen molar-refractivity contribution in [1.82, 2.24) is 9.47 Å². The van der Waals surface area contributed by atoms with Gasteiger partial charge in [0, 0.05) is 31.2 Å². The molecule has 0 unspecified atom stereocenters. The first-order chi connectivity index (χ1) is 13.4. The third-order valence-corrected chi connectivity index (χ3v) is 6.41. The molecular weight excluding hydrogens is 402 g/mol. The number of hydrogen-bond acceptors (Lipinski definition) is 6. The molecule has 2 aliphatic rings. The van der Waals surface area contributed by atoms with E-state index in [9.17, 15) is 19.2 Å². The predicted molar refractivity (Wildman–Crippen MR) is 110 cm³/mol. The number of piperidine rings is 1. The Morgan fingerprint density at radius 3 is 2.68 bits per heavy atom. The van der Waals surface area contributed by atoms with Gasteiger partial charge in [-0.1, -0.05) is 0 Å². The number of thioether (sulfide) groups is 2. The molecule has 1 fully saturated rings. The van der Waals surface area contributed by atoms with Crippen LogP contribution >= 0.6 is 23.5 Å². The van der Waals surface area contributed by atoms with Crippen LogP contribution in [0.5, 0.6) is 0 Å². The summed E-state index contributed by atoms with van der Waals surface area (Å²) in [4.78, 5) is 49.4. The number of rotatable bonds is 7. The Labute approximate surface area is 171 Å². The van der Waals surface area contributed by atoms with Crippen molar-refractivity contribution in [1.29, 1.82) is 0 Å². The zero-order valence-electron chi connectivity index (χ0n) is 15.6. The molecule has 0 spiro atoms. The van der Waals surface area contributed by atoms with Crippen molar-refractivity contribution in [2.45, 2.75) is 18.9 Å². The minimum absolute atomic E-state index is 0.0577. The lowest BCUT2D eigenvalue weighted by molar-refractivity contribution is -0.134. The molecule has 10 heteroatoms. The molecule has 2 N–H and O–H groups in total. The molecule has 0 radical (unpaired) electrons. The highest BCUT2D eigenvalue weighted by Gasteiger charge is 2.36. The Hall–Kier alpha value is -1.94. The van der Waals surface area contributed by atoms with E-state index >= 15 is 0 Å². The summed E-state index contributed by atoms with van der Waals surface area (Å²) in [6, 6.07) is 3.51. The Morgan fingerprint density at radius 1 is 1.18 bits per heavy atom. The maximum absolute atomic E-state index is 12.8. The second-order valence-electron chi connectivity index (χ2n) is 7.05. The van der Waals surface area contributed by atoms with Gasteiger partial charge in [0.25, 0.3) is 5.56 Å². The minimum atomic E-state index is -0.929. The Balaban J connectivity index is 1.72. The van der Waals surface area contributed by atoms with E-state index in [0.29, 0.717) is 31.1 Å². The normalized spacial score (nSPS) is 20.4. The number of fused-ring (bicyclic) bond motifs is 4. The van der Waals surface area contributed by atoms with Gasteiger partial charge in [0.2, 0.25) is 11.8 Å². The lowest BCUT2D eigenvalue weighted by Crippen LogP contribution is -2.49. The van der Waals surface area contributed by atoms with Crippen molar-refractivity contribution in [3.05, 3.63) is 28.2 Å². The SMILES string of the molecule is CSCC(=O)Nc1ccc2n(c1=O)C[C@H]1C[C@@H]2CN(C(=O)CSCC(=O)O)C1. The molecule has 0 saturated carbocycles. The number of carbonyl (C=O) groups is 3. The van der Waals surface area contributed by atoms with Crippen molar-refractivity contribution in [3.8, 4) is 0 Å². The first-order valence-corrected chi connectivity index (χ1v) is 11.5. The molecule has 8 nitrogen and oxygen atoms in total. The van der Waals surface area contributed by atoms with Crippen LogP contribution < -0.4 is 10.9 Å². The number of aromatic nitrogens is 1. The highest BCUT2D eigenvalue weighted by molar-refractivity contribution is 8.00. The molecular formula is C18H23N3O5S2. The predicted octanol–water partition coefficient (Wildman–Crippen LogP) is 0.913. The van der Waals surface area contributed by atoms with Crippen molar-refractivity contribution < 1.29 is 19.5 Å². The zero-order valence-corrected chi connectivity index (χ0v) is 17.2. The van der Waals surface area contributed by atoms with Crippen LogP contribution in [0.2, 0.25) is 0 Å². The number of carboxylic acids is 1. The maximum atomic E-state index is 12.8. The smallest absolute Gasteiger partial charge is 0.313 e. The first kappa shape index (κ1) is 20.8. The molecule has 0 aliphatic carbocycles. The van der Waals surface area contributed by atoms with Gasteiger partial charge in [-0.15, -0.1) is 11.8 Å². The molecule has 152 valence electrons. The number of likely N-dealkylation sites (tertiary alicyclic amines) is 1. The second-order valence-corrected chi connectivity index (χ2v) is 8.90. The number of pyridine rings is 1. The molecule has 1 saturated heterocycles. The highest BCUT2D eigenvalue weighted by Crippen LogP contribution is 2.35. The van der Waals surface area contributed by atoms with Gasteiger partial charge in [-0.2, -0.15) is 11.8 Å². The van der Waals surface area contributed by atoms with Crippen molar-refractivity contribution in [2.75, 3.05) is 41.9 Å². The van der Waals surface area contributed by atoms with Crippen LogP contribution in [-0.2, 0) is 20.9 Å². The average molecular weight is 426 g/mol. The number of amides is 2. The van der Waals surface area contributed by atoms with Gasteiger partial charge in [0.05, 0.1) is 17.3 Å². The molecule has 3 heterocycles. The average Bonchev–Trinajstić information content (AvgIpc) is 2.64. The quantitative estimate of drug-likeness (QED) is 0.668. The Bertz CT molecular complexity index is 841. The third kappa shape index (κ3) is 4.72. The zero-order chi connectivity index (χ0) is 20.3. The fraction of sp³-hybridized carbons (Fsp3) is 0.556. The van der Waals surface area contributed by atoms with Crippen LogP contribution in [0.4, 0.5) is 5.69 Å². The lowest BCUT2D eigenvalue weighted by Gasteiger charge is -2.43. The second kappa shape index (κ2) is 9.04. The molecule has 2 bridgehead atoms. The van der Waals surface area contributed by atoms with E-state index in [1.807, 2.05) is 12.3 Å². The molecule has 28 heavy (non-hydrogen) atoms. The number of aliphatic carboxylic acids is 1. The number of carbonyl (C=O) groups excluding carboxylic acids is 2.